The topological polar surface area (TPSA) is 81.8 Å². The molecule has 0 saturated heterocycles. The predicted molar refractivity (Wildman–Crippen MR) is 132 cm³/mol. The molecule has 2 heterocycles. The Bertz CT molecular complexity index is 1210. The summed E-state index contributed by atoms with van der Waals surface area (Å²) in [4.78, 5) is 18.1. The van der Waals surface area contributed by atoms with Gasteiger partial charge in [0.15, 0.2) is 6.10 Å². The number of nitrogens with zero attached hydrogens (tertiary/aromatic N) is 1. The summed E-state index contributed by atoms with van der Waals surface area (Å²) in [5, 5.41) is 9.23. The molecular formula is C27H27NO5S. The van der Waals surface area contributed by atoms with E-state index in [1.54, 1.807) is 18.3 Å². The molecule has 0 bridgehead atoms. The van der Waals surface area contributed by atoms with Crippen LogP contribution >= 0.6 is 11.3 Å². The fourth-order valence-electron chi connectivity index (χ4n) is 3.60. The zero-order valence-corrected chi connectivity index (χ0v) is 20.0. The summed E-state index contributed by atoms with van der Waals surface area (Å²) in [6, 6.07) is 21.8. The van der Waals surface area contributed by atoms with Gasteiger partial charge in [0, 0.05) is 24.3 Å². The number of ether oxygens (including phenoxy) is 2. The molecule has 0 radical (unpaired) electrons. The fraction of sp³-hybridized carbons (Fsp3) is 0.259. The van der Waals surface area contributed by atoms with Crippen molar-refractivity contribution < 1.29 is 23.8 Å². The number of rotatable bonds is 11. The molecule has 2 aromatic carbocycles. The van der Waals surface area contributed by atoms with Gasteiger partial charge in [0.2, 0.25) is 5.89 Å². The second-order valence-corrected chi connectivity index (χ2v) is 8.86. The number of aromatic nitrogens is 1. The molecule has 0 aliphatic carbocycles. The van der Waals surface area contributed by atoms with Crippen molar-refractivity contribution in [3.8, 4) is 27.0 Å². The van der Waals surface area contributed by atoms with Crippen LogP contribution in [-0.2, 0) is 22.4 Å². The Morgan fingerprint density at radius 3 is 2.50 bits per heavy atom. The summed E-state index contributed by atoms with van der Waals surface area (Å²) >= 11 is 1.66. The van der Waals surface area contributed by atoms with E-state index in [1.165, 1.54) is 10.4 Å². The number of hydrogen-bond donors (Lipinski definition) is 1. The van der Waals surface area contributed by atoms with Crippen LogP contribution in [0, 0.1) is 6.92 Å². The van der Waals surface area contributed by atoms with Gasteiger partial charge >= 0.3 is 5.97 Å². The summed E-state index contributed by atoms with van der Waals surface area (Å²) in [5.74, 6) is 1.19. The van der Waals surface area contributed by atoms with Gasteiger partial charge in [0.1, 0.15) is 11.5 Å². The number of aryl methyl sites for hydroxylation is 1. The summed E-state index contributed by atoms with van der Waals surface area (Å²) < 4.78 is 17.1. The molecule has 0 unspecified atom stereocenters. The molecule has 176 valence electrons. The minimum atomic E-state index is -0.955. The van der Waals surface area contributed by atoms with Crippen LogP contribution in [0.25, 0.3) is 21.2 Å². The van der Waals surface area contributed by atoms with Crippen LogP contribution in [0.4, 0.5) is 0 Å². The van der Waals surface area contributed by atoms with E-state index in [0.717, 1.165) is 27.6 Å². The Morgan fingerprint density at radius 2 is 1.79 bits per heavy atom. The van der Waals surface area contributed by atoms with Gasteiger partial charge in [-0.1, -0.05) is 42.5 Å². The van der Waals surface area contributed by atoms with Crippen LogP contribution in [-0.4, -0.2) is 35.4 Å². The van der Waals surface area contributed by atoms with Gasteiger partial charge in [-0.15, -0.1) is 11.3 Å². The first-order chi connectivity index (χ1) is 16.5. The third-order valence-electron chi connectivity index (χ3n) is 5.36. The number of carboxylic acids is 1. The lowest BCUT2D eigenvalue weighted by Crippen LogP contribution is -2.26. The Hall–Kier alpha value is -3.42. The van der Waals surface area contributed by atoms with Crippen molar-refractivity contribution in [3.63, 3.8) is 0 Å². The van der Waals surface area contributed by atoms with Crippen LogP contribution in [0.2, 0.25) is 0 Å². The van der Waals surface area contributed by atoms with Crippen molar-refractivity contribution in [2.45, 2.75) is 32.8 Å². The van der Waals surface area contributed by atoms with Crippen molar-refractivity contribution in [1.29, 1.82) is 0 Å². The molecule has 0 spiro atoms. The van der Waals surface area contributed by atoms with E-state index in [4.69, 9.17) is 18.9 Å². The number of carboxylic acid groups (broad SMARTS) is 1. The highest BCUT2D eigenvalue weighted by atomic mass is 32.1. The van der Waals surface area contributed by atoms with Crippen LogP contribution in [0.1, 0.15) is 23.9 Å². The number of carbonyl (C=O) groups is 1. The molecule has 7 heteroatoms. The van der Waals surface area contributed by atoms with Gasteiger partial charge in [-0.05, 0) is 49.2 Å². The minimum Gasteiger partial charge on any atom is -0.493 e. The number of aliphatic carboxylic acids is 1. The maximum Gasteiger partial charge on any atom is 0.333 e. The van der Waals surface area contributed by atoms with E-state index in [0.29, 0.717) is 31.9 Å². The van der Waals surface area contributed by atoms with Crippen LogP contribution in [0.15, 0.2) is 71.1 Å². The lowest BCUT2D eigenvalue weighted by molar-refractivity contribution is -0.149. The zero-order chi connectivity index (χ0) is 23.9. The maximum absolute atomic E-state index is 11.3. The summed E-state index contributed by atoms with van der Waals surface area (Å²) in [6.45, 7) is 4.53. The number of oxazole rings is 1. The monoisotopic (exact) mass is 477 g/mol. The molecule has 0 saturated carbocycles. The first kappa shape index (κ1) is 23.7. The Morgan fingerprint density at radius 1 is 1.06 bits per heavy atom. The lowest BCUT2D eigenvalue weighted by atomic mass is 10.1. The van der Waals surface area contributed by atoms with Gasteiger partial charge in [-0.3, -0.25) is 0 Å². The fourth-order valence-corrected chi connectivity index (χ4v) is 4.53. The quantitative estimate of drug-likeness (QED) is 0.284. The molecule has 0 aliphatic rings. The normalized spacial score (nSPS) is 11.9. The third kappa shape index (κ3) is 5.92. The maximum atomic E-state index is 11.3. The Kier molecular flexibility index (Phi) is 7.77. The number of benzene rings is 2. The largest absolute Gasteiger partial charge is 0.493 e. The van der Waals surface area contributed by atoms with Gasteiger partial charge in [0.05, 0.1) is 17.2 Å². The molecule has 0 fully saturated rings. The number of thiophene rings is 1. The van der Waals surface area contributed by atoms with Gasteiger partial charge in [-0.25, -0.2) is 9.78 Å². The molecular weight excluding hydrogens is 450 g/mol. The molecule has 2 aromatic heterocycles. The lowest BCUT2D eigenvalue weighted by Gasteiger charge is -2.12. The summed E-state index contributed by atoms with van der Waals surface area (Å²) in [7, 11) is 0. The molecule has 1 atom stereocenters. The van der Waals surface area contributed by atoms with E-state index in [9.17, 15) is 9.90 Å². The smallest absolute Gasteiger partial charge is 0.333 e. The van der Waals surface area contributed by atoms with E-state index >= 15 is 0 Å². The number of hydrogen-bond acceptors (Lipinski definition) is 6. The standard InChI is InChI=1S/C27H27NO5S/c1-3-31-23(27(29)30)17-19-9-11-21(12-10-19)32-16-15-22-18(2)33-26(28-22)25-14-13-24(34-25)20-7-5-4-6-8-20/h4-14,23H,3,15-17H2,1-2H3,(H,29,30)/t23-/m0/s1. The van der Waals surface area contributed by atoms with E-state index < -0.39 is 12.1 Å². The highest BCUT2D eigenvalue weighted by Crippen LogP contribution is 2.34. The van der Waals surface area contributed by atoms with Crippen LogP contribution in [0.3, 0.4) is 0 Å². The van der Waals surface area contributed by atoms with E-state index in [1.807, 2.05) is 55.5 Å². The first-order valence-electron chi connectivity index (χ1n) is 11.2. The van der Waals surface area contributed by atoms with Crippen molar-refractivity contribution in [2.75, 3.05) is 13.2 Å². The Balaban J connectivity index is 1.33. The minimum absolute atomic E-state index is 0.319. The SMILES string of the molecule is CCO[C@@H](Cc1ccc(OCCc2nc(-c3ccc(-c4ccccc4)s3)oc2C)cc1)C(=O)O. The van der Waals surface area contributed by atoms with Crippen molar-refractivity contribution in [2.24, 2.45) is 0 Å². The second-order valence-electron chi connectivity index (χ2n) is 7.78. The van der Waals surface area contributed by atoms with Crippen molar-refractivity contribution in [1.82, 2.24) is 4.98 Å². The first-order valence-corrected chi connectivity index (χ1v) is 12.0. The molecule has 0 aliphatic heterocycles. The third-order valence-corrected chi connectivity index (χ3v) is 6.49. The van der Waals surface area contributed by atoms with Crippen LogP contribution < -0.4 is 4.74 Å². The molecule has 6 nitrogen and oxygen atoms in total. The highest BCUT2D eigenvalue weighted by Gasteiger charge is 2.18. The summed E-state index contributed by atoms with van der Waals surface area (Å²) in [6.07, 6.45) is 0.103. The zero-order valence-electron chi connectivity index (χ0n) is 19.2. The van der Waals surface area contributed by atoms with Gasteiger partial charge < -0.3 is 19.0 Å². The summed E-state index contributed by atoms with van der Waals surface area (Å²) in [5.41, 5.74) is 2.94. The average Bonchev–Trinajstić information content (AvgIpc) is 3.48. The average molecular weight is 478 g/mol. The molecule has 4 rings (SSSR count). The van der Waals surface area contributed by atoms with Crippen molar-refractivity contribution >= 4 is 17.3 Å². The highest BCUT2D eigenvalue weighted by molar-refractivity contribution is 7.18. The Labute approximate surface area is 202 Å². The van der Waals surface area contributed by atoms with E-state index in [-0.39, 0.29) is 0 Å². The molecule has 34 heavy (non-hydrogen) atoms. The second kappa shape index (κ2) is 11.1. The van der Waals surface area contributed by atoms with Gasteiger partial charge in [0.25, 0.3) is 0 Å². The van der Waals surface area contributed by atoms with Gasteiger partial charge in [-0.2, -0.15) is 0 Å². The van der Waals surface area contributed by atoms with E-state index in [2.05, 4.69) is 18.2 Å². The molecule has 4 aromatic rings. The van der Waals surface area contributed by atoms with Crippen molar-refractivity contribution in [3.05, 3.63) is 83.7 Å². The predicted octanol–water partition coefficient (Wildman–Crippen LogP) is 6.03. The van der Waals surface area contributed by atoms with Crippen LogP contribution in [0.5, 0.6) is 5.75 Å². The molecule has 1 N–H and O–H groups in total. The molecule has 0 amide bonds.